The summed E-state index contributed by atoms with van der Waals surface area (Å²) in [5, 5.41) is 11.3. The van der Waals surface area contributed by atoms with E-state index in [1.165, 1.54) is 0 Å². The number of rotatable bonds is 7. The Bertz CT molecular complexity index is 208. The lowest BCUT2D eigenvalue weighted by atomic mass is 10.5. The van der Waals surface area contributed by atoms with Crippen LogP contribution < -0.4 is 5.32 Å². The first-order valence-corrected chi connectivity index (χ1v) is 5.04. The minimum absolute atomic E-state index is 0.586. The average Bonchev–Trinajstić information content (AvgIpc) is 2.09. The van der Waals surface area contributed by atoms with Crippen molar-refractivity contribution in [1.82, 2.24) is 5.32 Å². The van der Waals surface area contributed by atoms with Crippen LogP contribution in [-0.4, -0.2) is 35.7 Å². The fourth-order valence-corrected chi connectivity index (χ4v) is 1.17. The summed E-state index contributed by atoms with van der Waals surface area (Å²) in [5.74, 6) is 3.29. The van der Waals surface area contributed by atoms with Crippen LogP contribution in [0.2, 0.25) is 0 Å². The second-order valence-corrected chi connectivity index (χ2v) is 3.31. The van der Waals surface area contributed by atoms with Crippen LogP contribution in [-0.2, 0) is 4.79 Å². The summed E-state index contributed by atoms with van der Waals surface area (Å²) in [5.41, 5.74) is 0. The van der Waals surface area contributed by atoms with Crippen molar-refractivity contribution in [2.45, 2.75) is 0 Å². The van der Waals surface area contributed by atoms with Crippen LogP contribution in [0.4, 0.5) is 0 Å². The molecule has 0 aliphatic rings. The number of carbonyl (C=O) groups is 1. The van der Waals surface area contributed by atoms with Crippen molar-refractivity contribution in [2.24, 2.45) is 0 Å². The fraction of sp³-hybridized carbons (Fsp3) is 0.444. The molecule has 4 heteroatoms. The third-order valence-electron chi connectivity index (χ3n) is 1.13. The van der Waals surface area contributed by atoms with Crippen LogP contribution in [0.5, 0.6) is 0 Å². The Hall–Kier alpha value is -0.920. The standard InChI is InChI=1S/C9H13NO2S/c1-2-7-13-8-6-10-5-3-4-9(11)12/h1,3-4,10H,5-8H2,(H,11,12)/b4-3+. The van der Waals surface area contributed by atoms with E-state index < -0.39 is 5.97 Å². The van der Waals surface area contributed by atoms with E-state index in [0.29, 0.717) is 6.54 Å². The number of thioether (sulfide) groups is 1. The summed E-state index contributed by atoms with van der Waals surface area (Å²) in [6.07, 6.45) is 7.76. The molecule has 0 amide bonds. The molecular formula is C9H13NO2S. The molecule has 0 aliphatic carbocycles. The van der Waals surface area contributed by atoms with E-state index in [4.69, 9.17) is 11.5 Å². The lowest BCUT2D eigenvalue weighted by Gasteiger charge is -1.98. The molecule has 0 unspecified atom stereocenters. The van der Waals surface area contributed by atoms with Crippen LogP contribution in [0, 0.1) is 12.3 Å². The minimum atomic E-state index is -0.913. The van der Waals surface area contributed by atoms with Crippen molar-refractivity contribution in [2.75, 3.05) is 24.6 Å². The van der Waals surface area contributed by atoms with Crippen LogP contribution in [0.3, 0.4) is 0 Å². The van der Waals surface area contributed by atoms with E-state index in [0.717, 1.165) is 24.1 Å². The number of hydrogen-bond donors (Lipinski definition) is 2. The number of nitrogens with one attached hydrogen (secondary N) is 1. The summed E-state index contributed by atoms with van der Waals surface area (Å²) >= 11 is 1.68. The van der Waals surface area contributed by atoms with Gasteiger partial charge in [-0.1, -0.05) is 12.0 Å². The lowest BCUT2D eigenvalue weighted by molar-refractivity contribution is -0.131. The number of hydrogen-bond acceptors (Lipinski definition) is 3. The van der Waals surface area contributed by atoms with Gasteiger partial charge in [-0.3, -0.25) is 0 Å². The van der Waals surface area contributed by atoms with Gasteiger partial charge < -0.3 is 10.4 Å². The molecule has 0 aromatic rings. The zero-order valence-electron chi connectivity index (χ0n) is 7.32. The van der Waals surface area contributed by atoms with Crippen molar-refractivity contribution < 1.29 is 9.90 Å². The second-order valence-electron chi connectivity index (χ2n) is 2.20. The zero-order valence-corrected chi connectivity index (χ0v) is 8.14. The zero-order chi connectivity index (χ0) is 9.94. The maximum atomic E-state index is 10.0. The topological polar surface area (TPSA) is 49.3 Å². The third kappa shape index (κ3) is 11.1. The Morgan fingerprint density at radius 3 is 3.08 bits per heavy atom. The van der Waals surface area contributed by atoms with Gasteiger partial charge in [0.1, 0.15) is 0 Å². The maximum Gasteiger partial charge on any atom is 0.328 e. The van der Waals surface area contributed by atoms with Crippen molar-refractivity contribution in [3.05, 3.63) is 12.2 Å². The van der Waals surface area contributed by atoms with Gasteiger partial charge in [0.05, 0.1) is 5.75 Å². The van der Waals surface area contributed by atoms with Gasteiger partial charge in [-0.25, -0.2) is 4.79 Å². The van der Waals surface area contributed by atoms with E-state index in [9.17, 15) is 4.79 Å². The molecule has 0 atom stereocenters. The molecule has 0 aromatic carbocycles. The molecule has 0 rings (SSSR count). The highest BCUT2D eigenvalue weighted by Crippen LogP contribution is 1.94. The van der Waals surface area contributed by atoms with Crippen molar-refractivity contribution >= 4 is 17.7 Å². The molecule has 2 N–H and O–H groups in total. The SMILES string of the molecule is C#CCSCCNC/C=C/C(=O)O. The molecule has 0 bridgehead atoms. The van der Waals surface area contributed by atoms with Gasteiger partial charge >= 0.3 is 5.97 Å². The fourth-order valence-electron chi connectivity index (χ4n) is 0.621. The first-order valence-electron chi connectivity index (χ1n) is 3.88. The molecule has 3 nitrogen and oxygen atoms in total. The highest BCUT2D eigenvalue weighted by molar-refractivity contribution is 7.99. The minimum Gasteiger partial charge on any atom is -0.478 e. The summed E-state index contributed by atoms with van der Waals surface area (Å²) in [6, 6.07) is 0. The molecular weight excluding hydrogens is 186 g/mol. The Morgan fingerprint density at radius 1 is 1.69 bits per heavy atom. The number of aliphatic carboxylic acids is 1. The molecule has 0 aromatic heterocycles. The predicted molar refractivity (Wildman–Crippen MR) is 55.8 cm³/mol. The third-order valence-corrected chi connectivity index (χ3v) is 1.99. The maximum absolute atomic E-state index is 10.0. The molecule has 0 fully saturated rings. The van der Waals surface area contributed by atoms with E-state index in [2.05, 4.69) is 11.2 Å². The Labute approximate surface area is 82.6 Å². The van der Waals surface area contributed by atoms with E-state index in [-0.39, 0.29) is 0 Å². The van der Waals surface area contributed by atoms with Crippen LogP contribution >= 0.6 is 11.8 Å². The smallest absolute Gasteiger partial charge is 0.328 e. The Morgan fingerprint density at radius 2 is 2.46 bits per heavy atom. The molecule has 0 heterocycles. The van der Waals surface area contributed by atoms with Crippen LogP contribution in [0.15, 0.2) is 12.2 Å². The number of carboxylic acid groups (broad SMARTS) is 1. The second kappa shape index (κ2) is 9.17. The Balaban J connectivity index is 3.09. The van der Waals surface area contributed by atoms with Gasteiger partial charge in [0.15, 0.2) is 0 Å². The summed E-state index contributed by atoms with van der Waals surface area (Å²) < 4.78 is 0. The van der Waals surface area contributed by atoms with Gasteiger partial charge in [-0.15, -0.1) is 18.2 Å². The highest BCUT2D eigenvalue weighted by Gasteiger charge is 1.86. The van der Waals surface area contributed by atoms with Gasteiger partial charge in [-0.2, -0.15) is 0 Å². The van der Waals surface area contributed by atoms with Crippen molar-refractivity contribution in [1.29, 1.82) is 0 Å². The Kier molecular flexibility index (Phi) is 8.52. The largest absolute Gasteiger partial charge is 0.478 e. The molecule has 0 saturated carbocycles. The monoisotopic (exact) mass is 199 g/mol. The first kappa shape index (κ1) is 12.1. The van der Waals surface area contributed by atoms with Gasteiger partial charge in [0.25, 0.3) is 0 Å². The van der Waals surface area contributed by atoms with Gasteiger partial charge in [0, 0.05) is 24.9 Å². The molecule has 0 spiro atoms. The highest BCUT2D eigenvalue weighted by atomic mass is 32.2. The van der Waals surface area contributed by atoms with E-state index >= 15 is 0 Å². The average molecular weight is 199 g/mol. The number of carboxylic acids is 1. The molecule has 0 radical (unpaired) electrons. The quantitative estimate of drug-likeness (QED) is 0.358. The van der Waals surface area contributed by atoms with E-state index in [1.54, 1.807) is 17.8 Å². The lowest BCUT2D eigenvalue weighted by Crippen LogP contribution is -2.17. The van der Waals surface area contributed by atoms with Gasteiger partial charge in [-0.05, 0) is 0 Å². The summed E-state index contributed by atoms with van der Waals surface area (Å²) in [4.78, 5) is 10.0. The van der Waals surface area contributed by atoms with Crippen LogP contribution in [0.1, 0.15) is 0 Å². The molecule has 72 valence electrons. The number of terminal acetylenes is 1. The summed E-state index contributed by atoms with van der Waals surface area (Å²) in [6.45, 7) is 1.43. The van der Waals surface area contributed by atoms with Crippen LogP contribution in [0.25, 0.3) is 0 Å². The van der Waals surface area contributed by atoms with Crippen molar-refractivity contribution in [3.8, 4) is 12.3 Å². The van der Waals surface area contributed by atoms with Crippen molar-refractivity contribution in [3.63, 3.8) is 0 Å². The molecule has 13 heavy (non-hydrogen) atoms. The predicted octanol–water partition coefficient (Wildman–Crippen LogP) is 0.583. The first-order chi connectivity index (χ1) is 6.27. The normalized spacial score (nSPS) is 10.1. The molecule has 0 saturated heterocycles. The van der Waals surface area contributed by atoms with Gasteiger partial charge in [0.2, 0.25) is 0 Å². The van der Waals surface area contributed by atoms with E-state index in [1.807, 2.05) is 0 Å². The molecule has 0 aliphatic heterocycles. The summed E-state index contributed by atoms with van der Waals surface area (Å²) in [7, 11) is 0.